The largest absolute Gasteiger partial charge is 0.252 e. The predicted molar refractivity (Wildman–Crippen MR) is 68.1 cm³/mol. The van der Waals surface area contributed by atoms with Gasteiger partial charge in [0.2, 0.25) is 0 Å². The summed E-state index contributed by atoms with van der Waals surface area (Å²) in [4.78, 5) is 4.67. The van der Waals surface area contributed by atoms with E-state index in [-0.39, 0.29) is 5.41 Å². The molecule has 78 valence electrons. The van der Waals surface area contributed by atoms with Crippen LogP contribution in [0.2, 0.25) is 0 Å². The number of fused-ring (bicyclic) bond motifs is 1. The average molecular weight is 264 g/mol. The number of rotatable bonds is 0. The number of aromatic nitrogens is 1. The summed E-state index contributed by atoms with van der Waals surface area (Å²) in [5.74, 6) is 0. The Morgan fingerprint density at radius 1 is 1.07 bits per heavy atom. The van der Waals surface area contributed by atoms with Gasteiger partial charge in [0.05, 0.1) is 5.52 Å². The fourth-order valence-corrected chi connectivity index (χ4v) is 1.89. The number of pyridine rings is 1. The molecule has 2 aromatic rings. The van der Waals surface area contributed by atoms with Gasteiger partial charge in [-0.15, -0.1) is 0 Å². The standard InChI is InChI=1S/C13H14BrN/c1-13(2,3)12-7-4-9-8-10(14)5-6-11(9)15-12/h4-8H,1-3H3. The summed E-state index contributed by atoms with van der Waals surface area (Å²) in [7, 11) is 0. The number of halogens is 1. The van der Waals surface area contributed by atoms with E-state index in [0.717, 1.165) is 15.7 Å². The van der Waals surface area contributed by atoms with E-state index in [9.17, 15) is 0 Å². The van der Waals surface area contributed by atoms with Crippen molar-refractivity contribution in [1.82, 2.24) is 4.98 Å². The van der Waals surface area contributed by atoms with Crippen LogP contribution in [0, 0.1) is 0 Å². The molecule has 0 aliphatic rings. The molecule has 1 aromatic carbocycles. The highest BCUT2D eigenvalue weighted by Crippen LogP contribution is 2.24. The molecule has 0 amide bonds. The molecule has 2 heteroatoms. The molecule has 1 nitrogen and oxygen atoms in total. The van der Waals surface area contributed by atoms with Crippen LogP contribution in [0.4, 0.5) is 0 Å². The maximum Gasteiger partial charge on any atom is 0.0706 e. The highest BCUT2D eigenvalue weighted by molar-refractivity contribution is 9.10. The lowest BCUT2D eigenvalue weighted by Crippen LogP contribution is -2.13. The van der Waals surface area contributed by atoms with Crippen LogP contribution < -0.4 is 0 Å². The second-order valence-electron chi connectivity index (χ2n) is 4.78. The summed E-state index contributed by atoms with van der Waals surface area (Å²) < 4.78 is 1.10. The second-order valence-corrected chi connectivity index (χ2v) is 5.70. The van der Waals surface area contributed by atoms with E-state index in [1.54, 1.807) is 0 Å². The van der Waals surface area contributed by atoms with Crippen LogP contribution in [-0.2, 0) is 5.41 Å². The van der Waals surface area contributed by atoms with Crippen LogP contribution >= 0.6 is 15.9 Å². The molecule has 1 aromatic heterocycles. The molecule has 0 fully saturated rings. The van der Waals surface area contributed by atoms with Gasteiger partial charge in [0.1, 0.15) is 0 Å². The summed E-state index contributed by atoms with van der Waals surface area (Å²) in [6.07, 6.45) is 0. The van der Waals surface area contributed by atoms with Crippen LogP contribution in [0.25, 0.3) is 10.9 Å². The molecule has 0 aliphatic carbocycles. The Morgan fingerprint density at radius 3 is 2.47 bits per heavy atom. The van der Waals surface area contributed by atoms with Crippen molar-refractivity contribution in [3.05, 3.63) is 40.5 Å². The highest BCUT2D eigenvalue weighted by atomic mass is 79.9. The normalized spacial score (nSPS) is 12.0. The van der Waals surface area contributed by atoms with Crippen LogP contribution in [0.1, 0.15) is 26.5 Å². The van der Waals surface area contributed by atoms with Gasteiger partial charge >= 0.3 is 0 Å². The Kier molecular flexibility index (Phi) is 2.55. The van der Waals surface area contributed by atoms with Crippen molar-refractivity contribution in [2.45, 2.75) is 26.2 Å². The van der Waals surface area contributed by atoms with Crippen molar-refractivity contribution in [2.75, 3.05) is 0 Å². The zero-order valence-electron chi connectivity index (χ0n) is 9.21. The lowest BCUT2D eigenvalue weighted by molar-refractivity contribution is 0.571. The third-order valence-electron chi connectivity index (χ3n) is 2.42. The average Bonchev–Trinajstić information content (AvgIpc) is 2.15. The molecule has 0 saturated heterocycles. The quantitative estimate of drug-likeness (QED) is 0.691. The monoisotopic (exact) mass is 263 g/mol. The molecule has 0 saturated carbocycles. The van der Waals surface area contributed by atoms with Crippen LogP contribution in [-0.4, -0.2) is 4.98 Å². The minimum Gasteiger partial charge on any atom is -0.252 e. The van der Waals surface area contributed by atoms with Gasteiger partial charge < -0.3 is 0 Å². The van der Waals surface area contributed by atoms with Crippen molar-refractivity contribution >= 4 is 26.8 Å². The zero-order chi connectivity index (χ0) is 11.1. The third kappa shape index (κ3) is 2.20. The zero-order valence-corrected chi connectivity index (χ0v) is 10.8. The lowest BCUT2D eigenvalue weighted by atomic mass is 9.91. The Morgan fingerprint density at radius 2 is 1.80 bits per heavy atom. The van der Waals surface area contributed by atoms with Crippen LogP contribution in [0.3, 0.4) is 0 Å². The van der Waals surface area contributed by atoms with Gasteiger partial charge in [-0.1, -0.05) is 42.8 Å². The molecule has 0 N–H and O–H groups in total. The second kappa shape index (κ2) is 3.60. The van der Waals surface area contributed by atoms with Crippen molar-refractivity contribution in [3.63, 3.8) is 0 Å². The molecular formula is C13H14BrN. The number of nitrogens with zero attached hydrogens (tertiary/aromatic N) is 1. The molecule has 1 heterocycles. The van der Waals surface area contributed by atoms with Crippen molar-refractivity contribution in [2.24, 2.45) is 0 Å². The Balaban J connectivity index is 2.62. The summed E-state index contributed by atoms with van der Waals surface area (Å²) >= 11 is 3.46. The van der Waals surface area contributed by atoms with Gasteiger partial charge in [0.15, 0.2) is 0 Å². The van der Waals surface area contributed by atoms with E-state index in [0.29, 0.717) is 0 Å². The highest BCUT2D eigenvalue weighted by Gasteiger charge is 2.15. The smallest absolute Gasteiger partial charge is 0.0706 e. The van der Waals surface area contributed by atoms with Gasteiger partial charge in [0.25, 0.3) is 0 Å². The Bertz CT molecular complexity index is 497. The summed E-state index contributed by atoms with van der Waals surface area (Å²) in [6, 6.07) is 10.4. The van der Waals surface area contributed by atoms with Crippen LogP contribution in [0.15, 0.2) is 34.8 Å². The summed E-state index contributed by atoms with van der Waals surface area (Å²) in [5, 5.41) is 1.18. The van der Waals surface area contributed by atoms with Crippen molar-refractivity contribution < 1.29 is 0 Å². The molecular weight excluding hydrogens is 250 g/mol. The molecule has 15 heavy (non-hydrogen) atoms. The number of benzene rings is 1. The molecule has 0 bridgehead atoms. The number of hydrogen-bond donors (Lipinski definition) is 0. The lowest BCUT2D eigenvalue weighted by Gasteiger charge is -2.17. The van der Waals surface area contributed by atoms with Crippen molar-refractivity contribution in [1.29, 1.82) is 0 Å². The minimum atomic E-state index is 0.112. The fraction of sp³-hybridized carbons (Fsp3) is 0.308. The minimum absolute atomic E-state index is 0.112. The van der Waals surface area contributed by atoms with Gasteiger partial charge in [-0.2, -0.15) is 0 Å². The van der Waals surface area contributed by atoms with E-state index in [1.807, 2.05) is 6.07 Å². The first-order valence-corrected chi connectivity index (χ1v) is 5.83. The molecule has 0 atom stereocenters. The van der Waals surface area contributed by atoms with Gasteiger partial charge in [0, 0.05) is 21.0 Å². The Labute approximate surface area is 98.7 Å². The van der Waals surface area contributed by atoms with Gasteiger partial charge in [-0.25, -0.2) is 0 Å². The predicted octanol–water partition coefficient (Wildman–Crippen LogP) is 4.29. The fourth-order valence-electron chi connectivity index (χ4n) is 1.51. The van der Waals surface area contributed by atoms with Gasteiger partial charge in [-0.3, -0.25) is 4.98 Å². The first-order chi connectivity index (χ1) is 6.97. The van der Waals surface area contributed by atoms with E-state index < -0.39 is 0 Å². The SMILES string of the molecule is CC(C)(C)c1ccc2cc(Br)ccc2n1. The van der Waals surface area contributed by atoms with Gasteiger partial charge in [-0.05, 0) is 24.3 Å². The van der Waals surface area contributed by atoms with Crippen LogP contribution in [0.5, 0.6) is 0 Å². The van der Waals surface area contributed by atoms with E-state index >= 15 is 0 Å². The summed E-state index contributed by atoms with van der Waals surface area (Å²) in [5.41, 5.74) is 2.31. The molecule has 0 radical (unpaired) electrons. The van der Waals surface area contributed by atoms with Crippen molar-refractivity contribution in [3.8, 4) is 0 Å². The summed E-state index contributed by atoms with van der Waals surface area (Å²) in [6.45, 7) is 6.54. The molecule has 0 unspecified atom stereocenters. The first kappa shape index (κ1) is 10.6. The molecule has 2 rings (SSSR count). The Hall–Kier alpha value is -0.890. The van der Waals surface area contributed by atoms with E-state index in [2.05, 4.69) is 66.0 Å². The van der Waals surface area contributed by atoms with E-state index in [1.165, 1.54) is 5.39 Å². The number of hydrogen-bond acceptors (Lipinski definition) is 1. The maximum atomic E-state index is 4.67. The third-order valence-corrected chi connectivity index (χ3v) is 2.91. The molecule has 0 spiro atoms. The first-order valence-electron chi connectivity index (χ1n) is 5.03. The maximum absolute atomic E-state index is 4.67. The topological polar surface area (TPSA) is 12.9 Å². The van der Waals surface area contributed by atoms with E-state index in [4.69, 9.17) is 0 Å². The molecule has 0 aliphatic heterocycles.